The Kier molecular flexibility index (Phi) is 8.03. The van der Waals surface area contributed by atoms with E-state index in [9.17, 15) is 4.79 Å². The Hall–Kier alpha value is -2.66. The first-order valence-electron chi connectivity index (χ1n) is 9.70. The van der Waals surface area contributed by atoms with Crippen LogP contribution in [0.3, 0.4) is 0 Å². The van der Waals surface area contributed by atoms with Crippen molar-refractivity contribution in [2.24, 2.45) is 5.92 Å². The zero-order valence-corrected chi connectivity index (χ0v) is 18.2. The van der Waals surface area contributed by atoms with Gasteiger partial charge in [-0.05, 0) is 42.7 Å². The van der Waals surface area contributed by atoms with Gasteiger partial charge in [0, 0.05) is 12.2 Å². The van der Waals surface area contributed by atoms with Crippen LogP contribution in [0.4, 0.5) is 15.6 Å². The van der Waals surface area contributed by atoms with E-state index in [-0.39, 0.29) is 12.5 Å². The number of hydrogen-bond acceptors (Lipinski definition) is 7. The maximum Gasteiger partial charge on any atom is 0.328 e. The Labute approximate surface area is 182 Å². The molecule has 2 aromatic heterocycles. The highest BCUT2D eigenvalue weighted by atomic mass is 32.2. The van der Waals surface area contributed by atoms with Gasteiger partial charge in [0.1, 0.15) is 11.0 Å². The van der Waals surface area contributed by atoms with Crippen molar-refractivity contribution in [3.8, 4) is 0 Å². The predicted molar refractivity (Wildman–Crippen MR) is 119 cm³/mol. The molecule has 0 unspecified atom stereocenters. The number of aromatic amines is 1. The maximum absolute atomic E-state index is 13.1. The number of H-pyrrole nitrogens is 1. The number of thioether (sulfide) groups is 1. The molecule has 1 aliphatic carbocycles. The zero-order valence-electron chi connectivity index (χ0n) is 16.6. The highest BCUT2D eigenvalue weighted by Gasteiger charge is 2.24. The largest absolute Gasteiger partial charge is 0.483 e. The molecule has 160 valence electrons. The number of hydrogen-bond donors (Lipinski definition) is 3. The molecule has 1 aliphatic rings. The van der Waals surface area contributed by atoms with Crippen LogP contribution in [-0.4, -0.2) is 50.3 Å². The molecule has 0 radical (unpaired) electrons. The first-order chi connectivity index (χ1) is 14.6. The van der Waals surface area contributed by atoms with E-state index in [1.54, 1.807) is 11.8 Å². The molecule has 0 aliphatic heterocycles. The molecule has 1 fully saturated rings. The lowest BCUT2D eigenvalue weighted by Gasteiger charge is -2.25. The third-order valence-electron chi connectivity index (χ3n) is 4.76. The van der Waals surface area contributed by atoms with Crippen molar-refractivity contribution in [2.45, 2.75) is 36.8 Å². The van der Waals surface area contributed by atoms with Crippen LogP contribution in [-0.2, 0) is 4.79 Å². The van der Waals surface area contributed by atoms with E-state index in [0.29, 0.717) is 17.6 Å². The normalized spacial score (nSPS) is 13.6. The minimum atomic E-state index is -0.250. The lowest BCUT2D eigenvalue weighted by molar-refractivity contribution is -0.122. The first kappa shape index (κ1) is 22.0. The van der Waals surface area contributed by atoms with Crippen molar-refractivity contribution in [2.75, 3.05) is 22.5 Å². The van der Waals surface area contributed by atoms with Crippen molar-refractivity contribution < 1.29 is 14.7 Å². The molecule has 11 heteroatoms. The second kappa shape index (κ2) is 10.9. The van der Waals surface area contributed by atoms with Crippen LogP contribution < -0.4 is 10.2 Å². The highest BCUT2D eigenvalue weighted by molar-refractivity contribution is 8.01. The van der Waals surface area contributed by atoms with Crippen molar-refractivity contribution in [1.29, 1.82) is 0 Å². The molecule has 3 aromatic rings. The maximum atomic E-state index is 13.1. The average molecular weight is 449 g/mol. The Bertz CT molecular complexity index is 970. The molecule has 30 heavy (non-hydrogen) atoms. The molecule has 1 aromatic carbocycles. The van der Waals surface area contributed by atoms with Crippen LogP contribution >= 0.6 is 23.1 Å². The SMILES string of the molecule is CCSc1cnc(NC(=O)N(CC2CCCC2)c2ccc3n[nH]nc3c2)s1.O=CO. The van der Waals surface area contributed by atoms with Crippen LogP contribution in [0.15, 0.2) is 28.6 Å². The topological polar surface area (TPSA) is 124 Å². The number of carboxylic acid groups (broad SMARTS) is 1. The second-order valence-electron chi connectivity index (χ2n) is 6.71. The number of benzene rings is 1. The van der Waals surface area contributed by atoms with Crippen molar-refractivity contribution in [1.82, 2.24) is 20.4 Å². The van der Waals surface area contributed by atoms with Gasteiger partial charge in [0.25, 0.3) is 6.47 Å². The fourth-order valence-electron chi connectivity index (χ4n) is 3.44. The molecular formula is C19H24N6O3S2. The standard InChI is InChI=1S/C18H22N6OS2.CH2O2/c1-2-26-16-10-19-17(27-16)20-18(25)24(11-12-5-3-4-6-12)13-7-8-14-15(9-13)22-23-21-14;2-1-3/h7-10,12H,2-6,11H2,1H3,(H,19,20,25)(H,21,22,23);1H,(H,2,3). The van der Waals surface area contributed by atoms with Gasteiger partial charge in [-0.2, -0.15) is 15.4 Å². The summed E-state index contributed by atoms with van der Waals surface area (Å²) in [4.78, 5) is 27.6. The van der Waals surface area contributed by atoms with Gasteiger partial charge < -0.3 is 5.11 Å². The van der Waals surface area contributed by atoms with Gasteiger partial charge in [-0.15, -0.1) is 11.8 Å². The minimum Gasteiger partial charge on any atom is -0.483 e. The van der Waals surface area contributed by atoms with E-state index in [1.165, 1.54) is 37.0 Å². The molecule has 9 nitrogen and oxygen atoms in total. The lowest BCUT2D eigenvalue weighted by atomic mass is 10.1. The number of rotatable bonds is 6. The average Bonchev–Trinajstić information content (AvgIpc) is 3.49. The number of carbonyl (C=O) groups is 2. The summed E-state index contributed by atoms with van der Waals surface area (Å²) in [7, 11) is 0. The fraction of sp³-hybridized carbons (Fsp3) is 0.421. The lowest BCUT2D eigenvalue weighted by Crippen LogP contribution is -2.38. The Balaban J connectivity index is 0.000000806. The minimum absolute atomic E-state index is 0.146. The second-order valence-corrected chi connectivity index (χ2v) is 9.31. The van der Waals surface area contributed by atoms with Crippen LogP contribution in [0.25, 0.3) is 11.0 Å². The summed E-state index contributed by atoms with van der Waals surface area (Å²) in [6.45, 7) is 2.56. The van der Waals surface area contributed by atoms with Gasteiger partial charge >= 0.3 is 6.03 Å². The molecule has 2 amide bonds. The Morgan fingerprint density at radius 1 is 1.37 bits per heavy atom. The van der Waals surface area contributed by atoms with Gasteiger partial charge in [-0.1, -0.05) is 31.1 Å². The van der Waals surface area contributed by atoms with Crippen molar-refractivity contribution in [3.63, 3.8) is 0 Å². The van der Waals surface area contributed by atoms with Crippen LogP contribution in [0.5, 0.6) is 0 Å². The van der Waals surface area contributed by atoms with E-state index in [1.807, 2.05) is 29.3 Å². The van der Waals surface area contributed by atoms with Gasteiger partial charge in [0.15, 0.2) is 5.13 Å². The molecular weight excluding hydrogens is 424 g/mol. The number of carbonyl (C=O) groups excluding carboxylic acids is 1. The number of nitrogens with zero attached hydrogens (tertiary/aromatic N) is 4. The zero-order chi connectivity index (χ0) is 21.3. The molecule has 0 bridgehead atoms. The summed E-state index contributed by atoms with van der Waals surface area (Å²) >= 11 is 3.24. The van der Waals surface area contributed by atoms with Gasteiger partial charge in [0.2, 0.25) is 0 Å². The number of urea groups is 1. The van der Waals surface area contributed by atoms with Gasteiger partial charge in [-0.3, -0.25) is 15.0 Å². The summed E-state index contributed by atoms with van der Waals surface area (Å²) < 4.78 is 1.11. The molecule has 3 N–H and O–H groups in total. The van der Waals surface area contributed by atoms with E-state index in [4.69, 9.17) is 9.90 Å². The first-order valence-corrected chi connectivity index (χ1v) is 11.5. The molecule has 4 rings (SSSR count). The number of thiazole rings is 1. The summed E-state index contributed by atoms with van der Waals surface area (Å²) in [6, 6.07) is 5.59. The summed E-state index contributed by atoms with van der Waals surface area (Å²) in [5.41, 5.74) is 2.38. The van der Waals surface area contributed by atoms with Crippen LogP contribution in [0.2, 0.25) is 0 Å². The highest BCUT2D eigenvalue weighted by Crippen LogP contribution is 2.31. The van der Waals surface area contributed by atoms with Crippen molar-refractivity contribution >= 4 is 57.5 Å². The smallest absolute Gasteiger partial charge is 0.328 e. The quantitative estimate of drug-likeness (QED) is 0.376. The van der Waals surface area contributed by atoms with E-state index >= 15 is 0 Å². The van der Waals surface area contributed by atoms with Crippen LogP contribution in [0, 0.1) is 5.92 Å². The summed E-state index contributed by atoms with van der Waals surface area (Å²) in [5, 5.41) is 21.4. The number of amides is 2. The van der Waals surface area contributed by atoms with E-state index in [0.717, 1.165) is 26.7 Å². The predicted octanol–water partition coefficient (Wildman–Crippen LogP) is 4.46. The third-order valence-corrected chi connectivity index (χ3v) is 6.75. The molecule has 0 spiro atoms. The number of nitrogens with one attached hydrogen (secondary N) is 2. The van der Waals surface area contributed by atoms with E-state index in [2.05, 4.69) is 32.6 Å². The molecule has 0 atom stereocenters. The Morgan fingerprint density at radius 2 is 2.10 bits per heavy atom. The van der Waals surface area contributed by atoms with Gasteiger partial charge in [-0.25, -0.2) is 9.78 Å². The number of anilines is 2. The Morgan fingerprint density at radius 3 is 2.83 bits per heavy atom. The third kappa shape index (κ3) is 5.70. The molecule has 1 saturated carbocycles. The monoisotopic (exact) mass is 448 g/mol. The number of fused-ring (bicyclic) bond motifs is 1. The van der Waals surface area contributed by atoms with Gasteiger partial charge in [0.05, 0.1) is 10.4 Å². The van der Waals surface area contributed by atoms with Crippen molar-refractivity contribution in [3.05, 3.63) is 24.4 Å². The molecule has 2 heterocycles. The fourth-order valence-corrected chi connectivity index (χ4v) is 5.22. The number of aromatic nitrogens is 4. The summed E-state index contributed by atoms with van der Waals surface area (Å²) in [5.74, 6) is 1.52. The molecule has 0 saturated heterocycles. The van der Waals surface area contributed by atoms with Crippen LogP contribution in [0.1, 0.15) is 32.6 Å². The van der Waals surface area contributed by atoms with E-state index < -0.39 is 0 Å². The summed E-state index contributed by atoms with van der Waals surface area (Å²) in [6.07, 6.45) is 6.64.